The maximum absolute atomic E-state index is 13.3. The molecule has 2 aromatic carbocycles. The first-order valence-corrected chi connectivity index (χ1v) is 10.4. The van der Waals surface area contributed by atoms with E-state index in [1.807, 2.05) is 74.1 Å². The molecule has 1 aromatic heterocycles. The van der Waals surface area contributed by atoms with Gasteiger partial charge in [-0.2, -0.15) is 0 Å². The van der Waals surface area contributed by atoms with Gasteiger partial charge in [0.25, 0.3) is 5.91 Å². The maximum Gasteiger partial charge on any atom is 0.255 e. The third-order valence-electron chi connectivity index (χ3n) is 5.47. The summed E-state index contributed by atoms with van der Waals surface area (Å²) in [5, 5.41) is 3.94. The average molecular weight is 394 g/mol. The predicted molar refractivity (Wildman–Crippen MR) is 115 cm³/mol. The van der Waals surface area contributed by atoms with Gasteiger partial charge in [0, 0.05) is 41.2 Å². The molecule has 2 amide bonds. The Morgan fingerprint density at radius 2 is 1.89 bits per heavy atom. The average Bonchev–Trinajstić information content (AvgIpc) is 3.32. The molecule has 3 aromatic rings. The fraction of sp³-hybridized carbons (Fsp3) is 0.273. The summed E-state index contributed by atoms with van der Waals surface area (Å²) in [7, 11) is 1.96. The summed E-state index contributed by atoms with van der Waals surface area (Å²) in [6, 6.07) is 13.1. The lowest BCUT2D eigenvalue weighted by molar-refractivity contribution is -0.119. The molecule has 1 N–H and O–H groups in total. The topological polar surface area (TPSA) is 54.3 Å². The number of anilines is 1. The highest BCUT2D eigenvalue weighted by molar-refractivity contribution is 7.99. The van der Waals surface area contributed by atoms with Gasteiger partial charge in [-0.1, -0.05) is 18.2 Å². The molecule has 1 saturated heterocycles. The van der Waals surface area contributed by atoms with Crippen LogP contribution in [0.3, 0.4) is 0 Å². The molecule has 6 heteroatoms. The summed E-state index contributed by atoms with van der Waals surface area (Å²) in [6.07, 6.45) is 1.95. The lowest BCUT2D eigenvalue weighted by atomic mass is 10.1. The molecule has 5 nitrogen and oxygen atoms in total. The Labute approximate surface area is 168 Å². The number of aromatic nitrogens is 1. The maximum atomic E-state index is 13.3. The van der Waals surface area contributed by atoms with Crippen LogP contribution in [0.4, 0.5) is 5.69 Å². The van der Waals surface area contributed by atoms with Crippen molar-refractivity contribution in [3.05, 3.63) is 65.4 Å². The molecule has 0 aliphatic carbocycles. The standard InChI is InChI=1S/C22H23N3O2S/c1-14-6-4-8-18(15(14)2)23-21(26)20-12-28-13-25(20)22(27)17-7-5-9-19-16(17)10-11-24(19)3/h4-11,20H,12-13H2,1-3H3,(H,23,26). The predicted octanol–water partition coefficient (Wildman–Crippen LogP) is 3.95. The van der Waals surface area contributed by atoms with E-state index in [0.717, 1.165) is 27.7 Å². The van der Waals surface area contributed by atoms with E-state index in [1.165, 1.54) is 0 Å². The third-order valence-corrected chi connectivity index (χ3v) is 6.48. The number of fused-ring (bicyclic) bond motifs is 1. The van der Waals surface area contributed by atoms with E-state index < -0.39 is 6.04 Å². The van der Waals surface area contributed by atoms with Gasteiger partial charge in [0.05, 0.1) is 5.88 Å². The summed E-state index contributed by atoms with van der Waals surface area (Å²) in [6.45, 7) is 4.01. The van der Waals surface area contributed by atoms with Gasteiger partial charge in [0.1, 0.15) is 6.04 Å². The minimum absolute atomic E-state index is 0.0945. The van der Waals surface area contributed by atoms with E-state index in [2.05, 4.69) is 5.32 Å². The normalized spacial score (nSPS) is 16.5. The second-order valence-corrected chi connectivity index (χ2v) is 8.19. The van der Waals surface area contributed by atoms with Crippen LogP contribution in [0.5, 0.6) is 0 Å². The highest BCUT2D eigenvalue weighted by Crippen LogP contribution is 2.28. The zero-order chi connectivity index (χ0) is 19.8. The van der Waals surface area contributed by atoms with Gasteiger partial charge in [0.15, 0.2) is 0 Å². The van der Waals surface area contributed by atoms with Crippen molar-refractivity contribution >= 4 is 40.2 Å². The lowest BCUT2D eigenvalue weighted by Gasteiger charge is -2.24. The SMILES string of the molecule is Cc1cccc(NC(=O)C2CSCN2C(=O)c2cccc3c2ccn3C)c1C. The van der Waals surface area contributed by atoms with E-state index in [4.69, 9.17) is 0 Å². The number of benzene rings is 2. The van der Waals surface area contributed by atoms with Crippen LogP contribution >= 0.6 is 11.8 Å². The number of nitrogens with zero attached hydrogens (tertiary/aromatic N) is 2. The molecular formula is C22H23N3O2S. The molecule has 0 radical (unpaired) electrons. The third kappa shape index (κ3) is 3.18. The molecule has 4 rings (SSSR count). The quantitative estimate of drug-likeness (QED) is 0.733. The van der Waals surface area contributed by atoms with Gasteiger partial charge in [0.2, 0.25) is 5.91 Å². The van der Waals surface area contributed by atoms with Crippen LogP contribution in [0.2, 0.25) is 0 Å². The Bertz CT molecular complexity index is 1070. The number of carbonyl (C=O) groups is 2. The molecule has 1 atom stereocenters. The fourth-order valence-electron chi connectivity index (χ4n) is 3.61. The zero-order valence-corrected chi connectivity index (χ0v) is 17.0. The van der Waals surface area contributed by atoms with Crippen molar-refractivity contribution in [1.29, 1.82) is 0 Å². The van der Waals surface area contributed by atoms with Gasteiger partial charge in [-0.15, -0.1) is 11.8 Å². The molecular weight excluding hydrogens is 370 g/mol. The van der Waals surface area contributed by atoms with Crippen molar-refractivity contribution in [3.8, 4) is 0 Å². The van der Waals surface area contributed by atoms with Crippen LogP contribution in [-0.2, 0) is 11.8 Å². The number of hydrogen-bond donors (Lipinski definition) is 1. The van der Waals surface area contributed by atoms with E-state index in [1.54, 1.807) is 16.7 Å². The number of carbonyl (C=O) groups excluding carboxylic acids is 2. The van der Waals surface area contributed by atoms with Gasteiger partial charge >= 0.3 is 0 Å². The first-order valence-electron chi connectivity index (χ1n) is 9.27. The van der Waals surface area contributed by atoms with Crippen LogP contribution < -0.4 is 5.32 Å². The second kappa shape index (κ2) is 7.36. The number of aryl methyl sites for hydroxylation is 2. The molecule has 1 fully saturated rings. The molecule has 1 unspecified atom stereocenters. The number of hydrogen-bond acceptors (Lipinski definition) is 3. The van der Waals surface area contributed by atoms with E-state index in [0.29, 0.717) is 17.2 Å². The molecule has 144 valence electrons. The van der Waals surface area contributed by atoms with Crippen molar-refractivity contribution < 1.29 is 9.59 Å². The van der Waals surface area contributed by atoms with E-state index in [9.17, 15) is 9.59 Å². The highest BCUT2D eigenvalue weighted by atomic mass is 32.2. The summed E-state index contributed by atoms with van der Waals surface area (Å²) in [4.78, 5) is 27.9. The Morgan fingerprint density at radius 1 is 1.11 bits per heavy atom. The fourth-order valence-corrected chi connectivity index (χ4v) is 4.76. The Hall–Kier alpha value is -2.73. The second-order valence-electron chi connectivity index (χ2n) is 7.19. The van der Waals surface area contributed by atoms with Gasteiger partial charge in [-0.3, -0.25) is 9.59 Å². The molecule has 1 aliphatic rings. The van der Waals surface area contributed by atoms with Crippen molar-refractivity contribution in [1.82, 2.24) is 9.47 Å². The van der Waals surface area contributed by atoms with Crippen LogP contribution in [0, 0.1) is 13.8 Å². The smallest absolute Gasteiger partial charge is 0.255 e. The van der Waals surface area contributed by atoms with Gasteiger partial charge in [-0.25, -0.2) is 0 Å². The van der Waals surface area contributed by atoms with Gasteiger partial charge in [-0.05, 0) is 49.2 Å². The molecule has 1 aliphatic heterocycles. The van der Waals surface area contributed by atoms with Crippen molar-refractivity contribution in [2.45, 2.75) is 19.9 Å². The highest BCUT2D eigenvalue weighted by Gasteiger charge is 2.35. The minimum atomic E-state index is -0.476. The lowest BCUT2D eigenvalue weighted by Crippen LogP contribution is -2.44. The summed E-state index contributed by atoms with van der Waals surface area (Å²) >= 11 is 1.61. The van der Waals surface area contributed by atoms with Gasteiger partial charge < -0.3 is 14.8 Å². The summed E-state index contributed by atoms with van der Waals surface area (Å²) in [5.41, 5.74) is 4.63. The first kappa shape index (κ1) is 18.6. The number of rotatable bonds is 3. The monoisotopic (exact) mass is 393 g/mol. The zero-order valence-electron chi connectivity index (χ0n) is 16.2. The van der Waals surface area contributed by atoms with E-state index >= 15 is 0 Å². The van der Waals surface area contributed by atoms with E-state index in [-0.39, 0.29) is 11.8 Å². The Kier molecular flexibility index (Phi) is 4.89. The Morgan fingerprint density at radius 3 is 2.71 bits per heavy atom. The summed E-state index contributed by atoms with van der Waals surface area (Å²) < 4.78 is 2.00. The van der Waals surface area contributed by atoms with Crippen LogP contribution in [0.15, 0.2) is 48.7 Å². The van der Waals surface area contributed by atoms with Crippen molar-refractivity contribution in [3.63, 3.8) is 0 Å². The number of nitrogens with one attached hydrogen (secondary N) is 1. The largest absolute Gasteiger partial charge is 0.351 e. The number of thioether (sulfide) groups is 1. The molecule has 2 heterocycles. The summed E-state index contributed by atoms with van der Waals surface area (Å²) in [5.74, 6) is 0.898. The molecule has 0 spiro atoms. The van der Waals surface area contributed by atoms with Crippen molar-refractivity contribution in [2.24, 2.45) is 7.05 Å². The molecule has 0 saturated carbocycles. The van der Waals surface area contributed by atoms with Crippen LogP contribution in [-0.4, -0.2) is 39.0 Å². The number of amides is 2. The van der Waals surface area contributed by atoms with Crippen LogP contribution in [0.1, 0.15) is 21.5 Å². The molecule has 0 bridgehead atoms. The minimum Gasteiger partial charge on any atom is -0.351 e. The Balaban J connectivity index is 1.60. The van der Waals surface area contributed by atoms with Crippen LogP contribution in [0.25, 0.3) is 10.9 Å². The first-order chi connectivity index (χ1) is 13.5. The molecule has 28 heavy (non-hydrogen) atoms. The van der Waals surface area contributed by atoms with Crippen molar-refractivity contribution in [2.75, 3.05) is 16.9 Å².